The lowest BCUT2D eigenvalue weighted by Gasteiger charge is -2.10. The highest BCUT2D eigenvalue weighted by atomic mass is 19.4. The van der Waals surface area contributed by atoms with Crippen LogP contribution in [0.15, 0.2) is 96.3 Å². The number of aromatic nitrogens is 4. The van der Waals surface area contributed by atoms with Crippen molar-refractivity contribution in [1.82, 2.24) is 19.9 Å². The quantitative estimate of drug-likeness (QED) is 0.232. The molecule has 44 heavy (non-hydrogen) atoms. The summed E-state index contributed by atoms with van der Waals surface area (Å²) in [6.45, 7) is 0. The molecule has 0 saturated carbocycles. The second kappa shape index (κ2) is 12.9. The van der Waals surface area contributed by atoms with Crippen LogP contribution in [0.1, 0.15) is 47.3 Å². The molecule has 2 aromatic carbocycles. The summed E-state index contributed by atoms with van der Waals surface area (Å²) in [6, 6.07) is 9.56. The summed E-state index contributed by atoms with van der Waals surface area (Å²) >= 11 is 0. The summed E-state index contributed by atoms with van der Waals surface area (Å²) in [6.07, 6.45) is -0.385. The topological polar surface area (TPSA) is 113 Å². The lowest BCUT2D eigenvalue weighted by Crippen LogP contribution is -2.08. The van der Waals surface area contributed by atoms with Crippen LogP contribution in [-0.4, -0.2) is 31.7 Å². The molecule has 4 heterocycles. The Labute approximate surface area is 245 Å². The summed E-state index contributed by atoms with van der Waals surface area (Å²) < 4.78 is 85.9. The molecule has 2 aromatic heterocycles. The molecular weight excluding hydrogens is 598 g/mol. The fourth-order valence-electron chi connectivity index (χ4n) is 3.91. The third kappa shape index (κ3) is 7.96. The minimum absolute atomic E-state index is 0.319. The lowest BCUT2D eigenvalue weighted by atomic mass is 10.0. The molecule has 2 aliphatic rings. The van der Waals surface area contributed by atoms with Gasteiger partial charge in [0, 0.05) is 0 Å². The number of hydrogen-bond donors (Lipinski definition) is 0. The van der Waals surface area contributed by atoms with Crippen LogP contribution < -0.4 is 9.47 Å². The first-order chi connectivity index (χ1) is 21.0. The normalized spacial score (nSPS) is 17.8. The van der Waals surface area contributed by atoms with Gasteiger partial charge in [0.1, 0.15) is 12.7 Å². The van der Waals surface area contributed by atoms with Gasteiger partial charge in [-0.25, -0.2) is 19.9 Å². The molecule has 0 spiro atoms. The monoisotopic (exact) mass is 618 g/mol. The molecule has 0 amide bonds. The van der Waals surface area contributed by atoms with Crippen LogP contribution in [0.4, 0.5) is 26.3 Å². The highest BCUT2D eigenvalue weighted by Crippen LogP contribution is 2.34. The Morgan fingerprint density at radius 3 is 1.20 bits per heavy atom. The van der Waals surface area contributed by atoms with Gasteiger partial charge in [-0.3, -0.25) is 0 Å². The molecule has 10 nitrogen and oxygen atoms in total. The third-order valence-electron chi connectivity index (χ3n) is 6.05. The number of rotatable bonds is 4. The Kier molecular flexibility index (Phi) is 8.87. The van der Waals surface area contributed by atoms with E-state index in [-0.39, 0.29) is 0 Å². The van der Waals surface area contributed by atoms with Gasteiger partial charge in [0.2, 0.25) is 11.8 Å². The van der Waals surface area contributed by atoms with E-state index in [2.05, 4.69) is 30.2 Å². The molecule has 0 N–H and O–H groups in total. The van der Waals surface area contributed by atoms with Crippen LogP contribution in [0, 0.1) is 0 Å². The van der Waals surface area contributed by atoms with Gasteiger partial charge in [-0.05, 0) is 35.4 Å². The Hall–Kier alpha value is -5.28. The van der Waals surface area contributed by atoms with Crippen molar-refractivity contribution in [3.63, 3.8) is 0 Å². The summed E-state index contributed by atoms with van der Waals surface area (Å²) in [4.78, 5) is 25.6. The molecule has 0 aliphatic carbocycles. The van der Waals surface area contributed by atoms with Crippen LogP contribution in [0.2, 0.25) is 0 Å². The maximum absolute atomic E-state index is 12.5. The predicted octanol–water partition coefficient (Wildman–Crippen LogP) is 6.70. The van der Waals surface area contributed by atoms with E-state index in [4.69, 9.17) is 19.1 Å². The summed E-state index contributed by atoms with van der Waals surface area (Å²) in [7, 11) is 0. The molecule has 0 saturated heterocycles. The van der Waals surface area contributed by atoms with Gasteiger partial charge >= 0.3 is 12.4 Å². The Bertz CT molecular complexity index is 1460. The smallest absolute Gasteiger partial charge is 0.416 e. The number of oxime groups is 2. The fourth-order valence-corrected chi connectivity index (χ4v) is 3.91. The van der Waals surface area contributed by atoms with Gasteiger partial charge in [-0.15, -0.1) is 0 Å². The van der Waals surface area contributed by atoms with E-state index in [1.807, 2.05) is 0 Å². The Morgan fingerprint density at radius 1 is 0.545 bits per heavy atom. The Balaban J connectivity index is 0.000000175. The van der Waals surface area contributed by atoms with E-state index in [1.165, 1.54) is 61.7 Å². The van der Waals surface area contributed by atoms with Crippen molar-refractivity contribution in [2.75, 3.05) is 0 Å². The van der Waals surface area contributed by atoms with E-state index in [1.54, 1.807) is 0 Å². The second-order valence-electron chi connectivity index (χ2n) is 9.16. The third-order valence-corrected chi connectivity index (χ3v) is 6.05. The number of nitrogens with zero attached hydrogens (tertiary/aromatic N) is 6. The average molecular weight is 618 g/mol. The van der Waals surface area contributed by atoms with Gasteiger partial charge in [0.05, 0.1) is 48.8 Å². The minimum Gasteiger partial charge on any atom is -0.436 e. The molecule has 0 radical (unpaired) electrons. The van der Waals surface area contributed by atoms with E-state index in [9.17, 15) is 26.3 Å². The van der Waals surface area contributed by atoms with Crippen LogP contribution in [0.3, 0.4) is 0 Å². The SMILES string of the molecule is FC(F)(F)c1ccc([C@@H]2CC(Oc3cncnc3)=NO2)cc1.FC(F)(F)c1ccc([C@H]2CC(Oc3cncnc3)=NO2)cc1. The predicted molar refractivity (Wildman–Crippen MR) is 140 cm³/mol. The average Bonchev–Trinajstić information content (AvgIpc) is 3.68. The standard InChI is InChI=1S/2C14H10F3N3O2/c2*15-14(16,17)10-3-1-9(2-4-10)12-5-13(20-22-12)21-11-6-18-8-19-7-11/h2*1-4,6-8,12H,5H2/t2*12-/m10/s1. The number of ether oxygens (including phenoxy) is 2. The molecule has 228 valence electrons. The maximum atomic E-state index is 12.5. The van der Waals surface area contributed by atoms with E-state index < -0.39 is 35.7 Å². The first-order valence-corrected chi connectivity index (χ1v) is 12.7. The zero-order chi connectivity index (χ0) is 31.2. The van der Waals surface area contributed by atoms with Crippen molar-refractivity contribution in [2.45, 2.75) is 37.4 Å². The zero-order valence-electron chi connectivity index (χ0n) is 22.2. The van der Waals surface area contributed by atoms with Gasteiger partial charge in [0.15, 0.2) is 23.7 Å². The molecule has 0 fully saturated rings. The van der Waals surface area contributed by atoms with Crippen LogP contribution in [0.25, 0.3) is 0 Å². The van der Waals surface area contributed by atoms with Crippen molar-refractivity contribution in [3.8, 4) is 11.5 Å². The summed E-state index contributed by atoms with van der Waals surface area (Å²) in [5.74, 6) is 1.47. The zero-order valence-corrected chi connectivity index (χ0v) is 22.2. The highest BCUT2D eigenvalue weighted by molar-refractivity contribution is 5.80. The van der Waals surface area contributed by atoms with Crippen molar-refractivity contribution in [3.05, 3.63) is 108 Å². The number of alkyl halides is 6. The highest BCUT2D eigenvalue weighted by Gasteiger charge is 2.32. The first-order valence-electron chi connectivity index (χ1n) is 12.7. The molecule has 0 unspecified atom stereocenters. The summed E-state index contributed by atoms with van der Waals surface area (Å²) in [5.41, 5.74) is -0.208. The van der Waals surface area contributed by atoms with Crippen LogP contribution in [0.5, 0.6) is 11.5 Å². The van der Waals surface area contributed by atoms with E-state index >= 15 is 0 Å². The van der Waals surface area contributed by atoms with Crippen molar-refractivity contribution < 1.29 is 45.5 Å². The number of hydrogen-bond acceptors (Lipinski definition) is 10. The number of halogens is 6. The van der Waals surface area contributed by atoms with Crippen molar-refractivity contribution in [1.29, 1.82) is 0 Å². The van der Waals surface area contributed by atoms with E-state index in [0.717, 1.165) is 24.3 Å². The molecule has 4 aromatic rings. The van der Waals surface area contributed by atoms with Crippen molar-refractivity contribution >= 4 is 11.8 Å². The fraction of sp³-hybridized carbons (Fsp3) is 0.214. The van der Waals surface area contributed by atoms with Crippen molar-refractivity contribution in [2.24, 2.45) is 10.3 Å². The maximum Gasteiger partial charge on any atom is 0.416 e. The van der Waals surface area contributed by atoms with Gasteiger partial charge < -0.3 is 19.1 Å². The van der Waals surface area contributed by atoms with Gasteiger partial charge in [-0.1, -0.05) is 34.6 Å². The molecule has 2 atom stereocenters. The molecule has 0 bridgehead atoms. The number of benzene rings is 2. The molecule has 2 aliphatic heterocycles. The van der Waals surface area contributed by atoms with Gasteiger partial charge in [0.25, 0.3) is 0 Å². The molecule has 6 rings (SSSR count). The van der Waals surface area contributed by atoms with E-state index in [0.29, 0.717) is 47.3 Å². The lowest BCUT2D eigenvalue weighted by molar-refractivity contribution is -0.138. The van der Waals surface area contributed by atoms with Crippen LogP contribution >= 0.6 is 0 Å². The molecular formula is C28H20F6N6O4. The Morgan fingerprint density at radius 2 is 0.886 bits per heavy atom. The van der Waals surface area contributed by atoms with Gasteiger partial charge in [-0.2, -0.15) is 26.3 Å². The summed E-state index contributed by atoms with van der Waals surface area (Å²) in [5, 5.41) is 7.55. The molecule has 16 heteroatoms. The second-order valence-corrected chi connectivity index (χ2v) is 9.16. The van der Waals surface area contributed by atoms with Crippen LogP contribution in [-0.2, 0) is 22.0 Å². The first kappa shape index (κ1) is 30.2. The largest absolute Gasteiger partial charge is 0.436 e. The minimum atomic E-state index is -4.35.